The summed E-state index contributed by atoms with van der Waals surface area (Å²) in [6, 6.07) is 1.71. The molecular formula is C8H12ClN3O. The molecule has 1 rings (SSSR count). The Balaban J connectivity index is 2.18. The number of carbonyl (C=O) groups excluding carboxylic acids is 1. The fourth-order valence-electron chi connectivity index (χ4n) is 0.918. The lowest BCUT2D eigenvalue weighted by atomic mass is 10.2. The summed E-state index contributed by atoms with van der Waals surface area (Å²) in [7, 11) is 0. The Labute approximate surface area is 81.7 Å². The molecule has 0 unspecified atom stereocenters. The number of aromatic amines is 1. The van der Waals surface area contributed by atoms with Crippen molar-refractivity contribution in [2.24, 2.45) is 0 Å². The molecule has 1 aromatic heterocycles. The van der Waals surface area contributed by atoms with E-state index in [1.165, 1.54) is 0 Å². The molecule has 1 amide bonds. The van der Waals surface area contributed by atoms with Gasteiger partial charge in [-0.05, 0) is 12.8 Å². The first-order chi connectivity index (χ1) is 6.33. The number of hydrogen-bond donors (Lipinski definition) is 2. The van der Waals surface area contributed by atoms with Crippen LogP contribution in [0.5, 0.6) is 0 Å². The van der Waals surface area contributed by atoms with Crippen LogP contribution in [0.25, 0.3) is 0 Å². The lowest BCUT2D eigenvalue weighted by Gasteiger charge is -2.00. The number of hydrogen-bond acceptors (Lipinski definition) is 2. The molecule has 13 heavy (non-hydrogen) atoms. The van der Waals surface area contributed by atoms with Crippen molar-refractivity contribution >= 4 is 23.3 Å². The van der Waals surface area contributed by atoms with E-state index in [9.17, 15) is 4.79 Å². The monoisotopic (exact) mass is 201 g/mol. The fourth-order valence-corrected chi connectivity index (χ4v) is 1.11. The standard InChI is InChI=1S/C8H12ClN3O/c9-5-2-1-3-8(13)11-7-4-6-10-12-7/h4,6H,1-3,5H2,(H2,10,11,12,13). The smallest absolute Gasteiger partial charge is 0.225 e. The first kappa shape index (κ1) is 10.1. The summed E-state index contributed by atoms with van der Waals surface area (Å²) in [4.78, 5) is 11.2. The molecule has 0 spiro atoms. The number of nitrogens with one attached hydrogen (secondary N) is 2. The SMILES string of the molecule is O=C(CCCCCl)Nc1ccn[nH]1. The molecule has 0 aliphatic heterocycles. The van der Waals surface area contributed by atoms with E-state index < -0.39 is 0 Å². The van der Waals surface area contributed by atoms with E-state index in [2.05, 4.69) is 15.5 Å². The third-order valence-electron chi connectivity index (χ3n) is 1.56. The molecule has 1 aromatic rings. The normalized spacial score (nSPS) is 9.92. The number of amides is 1. The lowest BCUT2D eigenvalue weighted by Crippen LogP contribution is -2.11. The maximum atomic E-state index is 11.2. The predicted octanol–water partition coefficient (Wildman–Crippen LogP) is 1.76. The van der Waals surface area contributed by atoms with Gasteiger partial charge < -0.3 is 5.32 Å². The number of halogens is 1. The maximum Gasteiger partial charge on any atom is 0.225 e. The van der Waals surface area contributed by atoms with E-state index in [0.717, 1.165) is 12.8 Å². The molecule has 1 heterocycles. The average molecular weight is 202 g/mol. The molecule has 0 saturated carbocycles. The van der Waals surface area contributed by atoms with Crippen LogP contribution in [0.3, 0.4) is 0 Å². The minimum Gasteiger partial charge on any atom is -0.311 e. The molecule has 0 fully saturated rings. The molecule has 5 heteroatoms. The predicted molar refractivity (Wildman–Crippen MR) is 51.8 cm³/mol. The molecule has 72 valence electrons. The minimum absolute atomic E-state index is 0.00522. The van der Waals surface area contributed by atoms with Crippen molar-refractivity contribution < 1.29 is 4.79 Å². The molecule has 0 saturated heterocycles. The van der Waals surface area contributed by atoms with Crippen molar-refractivity contribution in [3.8, 4) is 0 Å². The van der Waals surface area contributed by atoms with Gasteiger partial charge in [-0.15, -0.1) is 11.6 Å². The van der Waals surface area contributed by atoms with Gasteiger partial charge in [0.2, 0.25) is 5.91 Å². The number of nitrogens with zero attached hydrogens (tertiary/aromatic N) is 1. The highest BCUT2D eigenvalue weighted by Crippen LogP contribution is 2.02. The number of unbranched alkanes of at least 4 members (excludes halogenated alkanes) is 1. The third-order valence-corrected chi connectivity index (χ3v) is 1.83. The zero-order valence-electron chi connectivity index (χ0n) is 7.22. The topological polar surface area (TPSA) is 57.8 Å². The van der Waals surface area contributed by atoms with Gasteiger partial charge in [-0.2, -0.15) is 5.10 Å². The van der Waals surface area contributed by atoms with Crippen molar-refractivity contribution in [3.63, 3.8) is 0 Å². The second-order valence-corrected chi connectivity index (χ2v) is 3.04. The summed E-state index contributed by atoms with van der Waals surface area (Å²) in [6.07, 6.45) is 3.79. The molecular weight excluding hydrogens is 190 g/mol. The number of anilines is 1. The summed E-state index contributed by atoms with van der Waals surface area (Å²) < 4.78 is 0. The number of aromatic nitrogens is 2. The van der Waals surface area contributed by atoms with Gasteiger partial charge in [-0.1, -0.05) is 0 Å². The van der Waals surface area contributed by atoms with E-state index in [-0.39, 0.29) is 5.91 Å². The van der Waals surface area contributed by atoms with Crippen LogP contribution < -0.4 is 5.32 Å². The summed E-state index contributed by atoms with van der Waals surface area (Å²) >= 11 is 5.48. The largest absolute Gasteiger partial charge is 0.311 e. The van der Waals surface area contributed by atoms with E-state index in [1.807, 2.05) is 0 Å². The van der Waals surface area contributed by atoms with Crippen molar-refractivity contribution in [2.75, 3.05) is 11.2 Å². The van der Waals surface area contributed by atoms with Gasteiger partial charge in [-0.3, -0.25) is 9.89 Å². The average Bonchev–Trinajstić information content (AvgIpc) is 2.57. The molecule has 0 aromatic carbocycles. The van der Waals surface area contributed by atoms with E-state index in [4.69, 9.17) is 11.6 Å². The van der Waals surface area contributed by atoms with Gasteiger partial charge in [0.15, 0.2) is 0 Å². The van der Waals surface area contributed by atoms with Crippen LogP contribution in [0.4, 0.5) is 5.82 Å². The third kappa shape index (κ3) is 3.94. The van der Waals surface area contributed by atoms with Gasteiger partial charge in [0.1, 0.15) is 5.82 Å². The number of carbonyl (C=O) groups is 1. The van der Waals surface area contributed by atoms with Crippen LogP contribution in [0.2, 0.25) is 0 Å². The van der Waals surface area contributed by atoms with Crippen molar-refractivity contribution in [1.29, 1.82) is 0 Å². The van der Waals surface area contributed by atoms with Crippen molar-refractivity contribution in [2.45, 2.75) is 19.3 Å². The zero-order valence-corrected chi connectivity index (χ0v) is 7.97. The van der Waals surface area contributed by atoms with Gasteiger partial charge in [-0.25, -0.2) is 0 Å². The molecule has 0 atom stereocenters. The summed E-state index contributed by atoms with van der Waals surface area (Å²) in [5.74, 6) is 1.24. The second-order valence-electron chi connectivity index (χ2n) is 2.66. The van der Waals surface area contributed by atoms with Gasteiger partial charge in [0.05, 0.1) is 6.20 Å². The first-order valence-electron chi connectivity index (χ1n) is 4.18. The molecule has 0 bridgehead atoms. The van der Waals surface area contributed by atoms with Crippen molar-refractivity contribution in [1.82, 2.24) is 10.2 Å². The lowest BCUT2D eigenvalue weighted by molar-refractivity contribution is -0.116. The Hall–Kier alpha value is -1.03. The highest BCUT2D eigenvalue weighted by molar-refractivity contribution is 6.17. The number of rotatable bonds is 5. The Morgan fingerprint density at radius 3 is 3.08 bits per heavy atom. The van der Waals surface area contributed by atoms with Crippen LogP contribution in [-0.2, 0) is 4.79 Å². The zero-order chi connectivity index (χ0) is 9.52. The van der Waals surface area contributed by atoms with Crippen LogP contribution in [0.1, 0.15) is 19.3 Å². The van der Waals surface area contributed by atoms with Crippen LogP contribution in [-0.4, -0.2) is 22.0 Å². The van der Waals surface area contributed by atoms with Crippen LogP contribution in [0, 0.1) is 0 Å². The molecule has 0 aliphatic rings. The number of H-pyrrole nitrogens is 1. The summed E-state index contributed by atoms with van der Waals surface area (Å²) in [5.41, 5.74) is 0. The van der Waals surface area contributed by atoms with Crippen molar-refractivity contribution in [3.05, 3.63) is 12.3 Å². The fraction of sp³-hybridized carbons (Fsp3) is 0.500. The molecule has 2 N–H and O–H groups in total. The first-order valence-corrected chi connectivity index (χ1v) is 4.71. The molecule has 4 nitrogen and oxygen atoms in total. The van der Waals surface area contributed by atoms with Gasteiger partial charge in [0.25, 0.3) is 0 Å². The number of alkyl halides is 1. The van der Waals surface area contributed by atoms with Gasteiger partial charge >= 0.3 is 0 Å². The summed E-state index contributed by atoms with van der Waals surface area (Å²) in [6.45, 7) is 0. The Bertz CT molecular complexity index is 248. The minimum atomic E-state index is -0.00522. The second kappa shape index (κ2) is 5.59. The molecule has 0 aliphatic carbocycles. The highest BCUT2D eigenvalue weighted by atomic mass is 35.5. The highest BCUT2D eigenvalue weighted by Gasteiger charge is 2.01. The van der Waals surface area contributed by atoms with E-state index in [1.54, 1.807) is 12.3 Å². The summed E-state index contributed by atoms with van der Waals surface area (Å²) in [5, 5.41) is 9.04. The van der Waals surface area contributed by atoms with Gasteiger partial charge in [0, 0.05) is 18.4 Å². The maximum absolute atomic E-state index is 11.2. The van der Waals surface area contributed by atoms with E-state index in [0.29, 0.717) is 18.1 Å². The van der Waals surface area contributed by atoms with E-state index >= 15 is 0 Å². The Morgan fingerprint density at radius 1 is 1.62 bits per heavy atom. The molecule has 0 radical (unpaired) electrons. The van der Waals surface area contributed by atoms with Crippen LogP contribution in [0.15, 0.2) is 12.3 Å². The Morgan fingerprint density at radius 2 is 2.46 bits per heavy atom. The Kier molecular flexibility index (Phi) is 4.32. The van der Waals surface area contributed by atoms with Crippen LogP contribution >= 0.6 is 11.6 Å². The quantitative estimate of drug-likeness (QED) is 0.564.